The highest BCUT2D eigenvalue weighted by atomic mass is 19.4. The van der Waals surface area contributed by atoms with E-state index in [-0.39, 0.29) is 16.3 Å². The third-order valence-corrected chi connectivity index (χ3v) is 9.05. The van der Waals surface area contributed by atoms with Crippen LogP contribution in [0.15, 0.2) is 47.7 Å². The van der Waals surface area contributed by atoms with Gasteiger partial charge in [0.15, 0.2) is 0 Å². The summed E-state index contributed by atoms with van der Waals surface area (Å²) in [4.78, 5) is 19.0. The van der Waals surface area contributed by atoms with Gasteiger partial charge < -0.3 is 9.55 Å². The van der Waals surface area contributed by atoms with Crippen LogP contribution in [0, 0.1) is 5.41 Å². The molecule has 0 unspecified atom stereocenters. The van der Waals surface area contributed by atoms with Crippen molar-refractivity contribution in [1.29, 1.82) is 0 Å². The number of alkyl halides is 3. The number of H-pyrrole nitrogens is 1. The lowest BCUT2D eigenvalue weighted by Gasteiger charge is -2.41. The van der Waals surface area contributed by atoms with Gasteiger partial charge in [-0.25, -0.2) is 0 Å². The van der Waals surface area contributed by atoms with E-state index in [0.717, 1.165) is 60.9 Å². The van der Waals surface area contributed by atoms with Crippen molar-refractivity contribution in [1.82, 2.24) is 29.2 Å². The Hall–Kier alpha value is -3.40. The minimum Gasteiger partial charge on any atom is -0.353 e. The maximum atomic E-state index is 14.3. The summed E-state index contributed by atoms with van der Waals surface area (Å²) in [6, 6.07) is 8.77. The molecular formula is C28H29F3N6O. The molecule has 1 N–H and O–H groups in total. The van der Waals surface area contributed by atoms with E-state index in [1.165, 1.54) is 18.9 Å². The van der Waals surface area contributed by atoms with Crippen LogP contribution in [0.2, 0.25) is 0 Å². The third kappa shape index (κ3) is 3.64. The number of hydrogen-bond acceptors (Lipinski definition) is 4. The minimum atomic E-state index is -4.61. The summed E-state index contributed by atoms with van der Waals surface area (Å²) in [7, 11) is 1.89. The molecule has 1 aromatic carbocycles. The molecule has 0 amide bonds. The van der Waals surface area contributed by atoms with E-state index in [0.29, 0.717) is 23.3 Å². The van der Waals surface area contributed by atoms with Crippen LogP contribution < -0.4 is 5.56 Å². The molecule has 1 spiro atoms. The van der Waals surface area contributed by atoms with Gasteiger partial charge in [0, 0.05) is 43.1 Å². The Morgan fingerprint density at radius 1 is 1.11 bits per heavy atom. The van der Waals surface area contributed by atoms with E-state index in [4.69, 9.17) is 0 Å². The molecule has 2 aliphatic carbocycles. The molecule has 1 saturated heterocycles. The third-order valence-electron chi connectivity index (χ3n) is 9.05. The van der Waals surface area contributed by atoms with Gasteiger partial charge in [-0.15, -0.1) is 10.2 Å². The van der Waals surface area contributed by atoms with Gasteiger partial charge in [-0.1, -0.05) is 18.6 Å². The highest BCUT2D eigenvalue weighted by Crippen LogP contribution is 2.53. The summed E-state index contributed by atoms with van der Waals surface area (Å²) < 4.78 is 45.8. The smallest absolute Gasteiger partial charge is 0.353 e. The quantitative estimate of drug-likeness (QED) is 0.404. The average molecular weight is 523 g/mol. The summed E-state index contributed by atoms with van der Waals surface area (Å²) in [6.45, 7) is 2.42. The predicted octanol–water partition coefficient (Wildman–Crippen LogP) is 4.92. The number of nitrogens with one attached hydrogen (secondary N) is 1. The standard InChI is InChI=1S/C28H29F3N6O/c1-35-17-32-34-25(35)27(6-3-7-27)18-4-2-5-20(12-18)37-15-22(28(29,30)31)21-13-19(33-23(21)24(37)38)14-36-11-10-26(16-36)8-9-26/h2,4-5,12-13,15,17,33H,3,6-11,14,16H2,1H3. The normalized spacial score (nSPS) is 20.3. The van der Waals surface area contributed by atoms with Crippen molar-refractivity contribution in [2.75, 3.05) is 13.1 Å². The minimum absolute atomic E-state index is 0.00720. The van der Waals surface area contributed by atoms with Gasteiger partial charge >= 0.3 is 6.18 Å². The molecule has 4 aromatic rings. The Morgan fingerprint density at radius 3 is 2.55 bits per heavy atom. The second-order valence-corrected chi connectivity index (χ2v) is 11.5. The molecule has 7 rings (SSSR count). The highest BCUT2D eigenvalue weighted by molar-refractivity contribution is 5.84. The maximum absolute atomic E-state index is 14.3. The van der Waals surface area contributed by atoms with Gasteiger partial charge in [0.2, 0.25) is 0 Å². The Bertz CT molecular complexity index is 1600. The molecule has 0 atom stereocenters. The Kier molecular flexibility index (Phi) is 5.02. The van der Waals surface area contributed by atoms with Crippen LogP contribution in [0.4, 0.5) is 13.2 Å². The molecule has 0 radical (unpaired) electrons. The van der Waals surface area contributed by atoms with Crippen molar-refractivity contribution in [3.63, 3.8) is 0 Å². The summed E-state index contributed by atoms with van der Waals surface area (Å²) in [5.74, 6) is 0.823. The Balaban J connectivity index is 1.32. The molecule has 4 heterocycles. The van der Waals surface area contributed by atoms with Crippen molar-refractivity contribution >= 4 is 10.9 Å². The second kappa shape index (κ2) is 8.05. The van der Waals surface area contributed by atoms with Crippen molar-refractivity contribution < 1.29 is 13.2 Å². The average Bonchev–Trinajstić information content (AvgIpc) is 3.14. The van der Waals surface area contributed by atoms with Gasteiger partial charge in [0.05, 0.1) is 11.0 Å². The zero-order valence-corrected chi connectivity index (χ0v) is 21.2. The van der Waals surface area contributed by atoms with E-state index >= 15 is 0 Å². The number of benzene rings is 1. The van der Waals surface area contributed by atoms with Crippen molar-refractivity contribution in [3.8, 4) is 5.69 Å². The Morgan fingerprint density at radius 2 is 1.92 bits per heavy atom. The summed E-state index contributed by atoms with van der Waals surface area (Å²) in [5, 5.41) is 8.31. The summed E-state index contributed by atoms with van der Waals surface area (Å²) >= 11 is 0. The zero-order chi connectivity index (χ0) is 26.3. The highest BCUT2D eigenvalue weighted by Gasteiger charge is 2.47. The lowest BCUT2D eigenvalue weighted by atomic mass is 9.63. The van der Waals surface area contributed by atoms with Gasteiger partial charge in [-0.3, -0.25) is 14.3 Å². The fraction of sp³-hybridized carbons (Fsp3) is 0.464. The van der Waals surface area contributed by atoms with Crippen molar-refractivity contribution in [2.24, 2.45) is 12.5 Å². The summed E-state index contributed by atoms with van der Waals surface area (Å²) in [5.41, 5.74) is 0.715. The number of aryl methyl sites for hydroxylation is 1. The van der Waals surface area contributed by atoms with Crippen LogP contribution >= 0.6 is 0 Å². The number of nitrogens with zero attached hydrogens (tertiary/aromatic N) is 5. The molecule has 10 heteroatoms. The predicted molar refractivity (Wildman–Crippen MR) is 136 cm³/mol. The molecule has 3 fully saturated rings. The fourth-order valence-corrected chi connectivity index (χ4v) is 6.60. The number of aromatic nitrogens is 5. The maximum Gasteiger partial charge on any atom is 0.418 e. The van der Waals surface area contributed by atoms with E-state index in [2.05, 4.69) is 20.1 Å². The number of likely N-dealkylation sites (tertiary alicyclic amines) is 1. The first-order valence-corrected chi connectivity index (χ1v) is 13.2. The lowest BCUT2D eigenvalue weighted by molar-refractivity contribution is -0.136. The molecule has 0 bridgehead atoms. The van der Waals surface area contributed by atoms with Crippen molar-refractivity contribution in [2.45, 2.75) is 56.7 Å². The van der Waals surface area contributed by atoms with Crippen LogP contribution in [0.3, 0.4) is 0 Å². The molecule has 2 saturated carbocycles. The van der Waals surface area contributed by atoms with Crippen LogP contribution in [0.25, 0.3) is 16.6 Å². The van der Waals surface area contributed by atoms with Crippen molar-refractivity contribution in [3.05, 3.63) is 75.9 Å². The molecule has 3 aromatic heterocycles. The SMILES string of the molecule is Cn1cnnc1C1(c2cccc(-n3cc(C(F)(F)F)c4cc(CN5CCC6(CC6)C5)[nH]c4c3=O)c2)CCC1. The number of fused-ring (bicyclic) bond motifs is 1. The first kappa shape index (κ1) is 23.7. The number of halogens is 3. The largest absolute Gasteiger partial charge is 0.418 e. The molecular weight excluding hydrogens is 493 g/mol. The monoisotopic (exact) mass is 522 g/mol. The van der Waals surface area contributed by atoms with E-state index in [9.17, 15) is 18.0 Å². The first-order chi connectivity index (χ1) is 18.2. The molecule has 3 aliphatic rings. The molecule has 1 aliphatic heterocycles. The van der Waals surface area contributed by atoms with Gasteiger partial charge in [-0.2, -0.15) is 13.2 Å². The van der Waals surface area contributed by atoms with Crippen LogP contribution in [-0.2, 0) is 25.2 Å². The molecule has 38 heavy (non-hydrogen) atoms. The van der Waals surface area contributed by atoms with E-state index < -0.39 is 17.3 Å². The number of aromatic amines is 1. The van der Waals surface area contributed by atoms with E-state index in [1.807, 2.05) is 23.7 Å². The van der Waals surface area contributed by atoms with Crippen LogP contribution in [0.5, 0.6) is 0 Å². The fourth-order valence-electron chi connectivity index (χ4n) is 6.60. The molecule has 7 nitrogen and oxygen atoms in total. The van der Waals surface area contributed by atoms with Crippen LogP contribution in [-0.4, -0.2) is 42.3 Å². The Labute approximate surface area is 217 Å². The number of pyridine rings is 1. The number of rotatable bonds is 5. The molecule has 198 valence electrons. The lowest BCUT2D eigenvalue weighted by Crippen LogP contribution is -2.38. The van der Waals surface area contributed by atoms with Gasteiger partial charge in [0.25, 0.3) is 5.56 Å². The van der Waals surface area contributed by atoms with Crippen LogP contribution in [0.1, 0.15) is 61.2 Å². The topological polar surface area (TPSA) is 71.7 Å². The first-order valence-electron chi connectivity index (χ1n) is 13.2. The number of hydrogen-bond donors (Lipinski definition) is 1. The van der Waals surface area contributed by atoms with E-state index in [1.54, 1.807) is 18.5 Å². The second-order valence-electron chi connectivity index (χ2n) is 11.5. The zero-order valence-electron chi connectivity index (χ0n) is 21.2. The van der Waals surface area contributed by atoms with Gasteiger partial charge in [0.1, 0.15) is 17.7 Å². The van der Waals surface area contributed by atoms with Gasteiger partial charge in [-0.05, 0) is 67.8 Å². The summed E-state index contributed by atoms with van der Waals surface area (Å²) in [6.07, 6.45) is 4.35.